The van der Waals surface area contributed by atoms with Gasteiger partial charge in [-0.05, 0) is 25.0 Å². The second-order valence-electron chi connectivity index (χ2n) is 4.80. The summed E-state index contributed by atoms with van der Waals surface area (Å²) in [6.45, 7) is 0. The lowest BCUT2D eigenvalue weighted by atomic mass is 10.1. The number of nitrogens with zero attached hydrogens (tertiary/aromatic N) is 2. The first-order valence-electron chi connectivity index (χ1n) is 6.14. The first-order chi connectivity index (χ1) is 8.66. The van der Waals surface area contributed by atoms with Crippen molar-refractivity contribution < 1.29 is 0 Å². The van der Waals surface area contributed by atoms with E-state index in [1.54, 1.807) is 0 Å². The minimum Gasteiger partial charge on any atom is -0.384 e. The van der Waals surface area contributed by atoms with Crippen LogP contribution in [0.15, 0.2) is 30.3 Å². The van der Waals surface area contributed by atoms with Crippen LogP contribution in [-0.2, 0) is 0 Å². The molecule has 0 radical (unpaired) electrons. The SMILES string of the molecule is CN(c1cc(C(=N)N)c2ccccc2n1)C1CC1. The van der Waals surface area contributed by atoms with Gasteiger partial charge in [-0.15, -0.1) is 0 Å². The third-order valence-corrected chi connectivity index (χ3v) is 3.45. The Labute approximate surface area is 106 Å². The first kappa shape index (κ1) is 11.0. The quantitative estimate of drug-likeness (QED) is 0.638. The van der Waals surface area contributed by atoms with Crippen LogP contribution >= 0.6 is 0 Å². The van der Waals surface area contributed by atoms with Crippen molar-refractivity contribution >= 4 is 22.6 Å². The third-order valence-electron chi connectivity index (χ3n) is 3.45. The van der Waals surface area contributed by atoms with Gasteiger partial charge in [-0.25, -0.2) is 4.98 Å². The number of fused-ring (bicyclic) bond motifs is 1. The van der Waals surface area contributed by atoms with Crippen molar-refractivity contribution in [3.8, 4) is 0 Å². The van der Waals surface area contributed by atoms with Crippen molar-refractivity contribution in [1.82, 2.24) is 4.98 Å². The molecule has 4 nitrogen and oxygen atoms in total. The van der Waals surface area contributed by atoms with Gasteiger partial charge in [0, 0.05) is 24.0 Å². The predicted octanol–water partition coefficient (Wildman–Crippen LogP) is 2.12. The number of aromatic nitrogens is 1. The average molecular weight is 240 g/mol. The Morgan fingerprint density at radius 3 is 2.78 bits per heavy atom. The molecule has 3 N–H and O–H groups in total. The Balaban J connectivity index is 2.19. The van der Waals surface area contributed by atoms with E-state index >= 15 is 0 Å². The molecule has 0 unspecified atom stereocenters. The highest BCUT2D eigenvalue weighted by Crippen LogP contribution is 2.31. The second kappa shape index (κ2) is 3.98. The minimum absolute atomic E-state index is 0.0963. The van der Waals surface area contributed by atoms with Gasteiger partial charge in [0.15, 0.2) is 0 Å². The van der Waals surface area contributed by atoms with Gasteiger partial charge < -0.3 is 10.6 Å². The largest absolute Gasteiger partial charge is 0.384 e. The summed E-state index contributed by atoms with van der Waals surface area (Å²) >= 11 is 0. The van der Waals surface area contributed by atoms with Crippen molar-refractivity contribution in [3.63, 3.8) is 0 Å². The number of hydrogen-bond acceptors (Lipinski definition) is 3. The lowest BCUT2D eigenvalue weighted by molar-refractivity contribution is 0.896. The molecule has 4 heteroatoms. The molecule has 2 aromatic rings. The molecule has 1 aromatic heterocycles. The van der Waals surface area contributed by atoms with Crippen molar-refractivity contribution in [3.05, 3.63) is 35.9 Å². The van der Waals surface area contributed by atoms with Crippen LogP contribution in [0.3, 0.4) is 0 Å². The van der Waals surface area contributed by atoms with Crippen LogP contribution < -0.4 is 10.6 Å². The molecule has 92 valence electrons. The number of nitrogens with one attached hydrogen (secondary N) is 1. The monoisotopic (exact) mass is 240 g/mol. The highest BCUT2D eigenvalue weighted by atomic mass is 15.2. The molecule has 0 saturated heterocycles. The van der Waals surface area contributed by atoms with Crippen LogP contribution in [0.2, 0.25) is 0 Å². The van der Waals surface area contributed by atoms with Crippen LogP contribution in [0, 0.1) is 5.41 Å². The summed E-state index contributed by atoms with van der Waals surface area (Å²) in [5.74, 6) is 1.00. The van der Waals surface area contributed by atoms with E-state index in [0.717, 1.165) is 22.3 Å². The van der Waals surface area contributed by atoms with Crippen molar-refractivity contribution in [2.45, 2.75) is 18.9 Å². The molecule has 0 spiro atoms. The number of para-hydroxylation sites is 1. The van der Waals surface area contributed by atoms with Gasteiger partial charge in [0.2, 0.25) is 0 Å². The average Bonchev–Trinajstić information content (AvgIpc) is 3.20. The predicted molar refractivity (Wildman–Crippen MR) is 74.2 cm³/mol. The Morgan fingerprint density at radius 2 is 2.11 bits per heavy atom. The van der Waals surface area contributed by atoms with E-state index in [2.05, 4.69) is 16.9 Å². The number of anilines is 1. The number of hydrogen-bond donors (Lipinski definition) is 2. The topological polar surface area (TPSA) is 66.0 Å². The normalized spacial score (nSPS) is 14.7. The summed E-state index contributed by atoms with van der Waals surface area (Å²) in [6.07, 6.45) is 2.45. The number of pyridine rings is 1. The molecule has 3 rings (SSSR count). The van der Waals surface area contributed by atoms with E-state index in [4.69, 9.17) is 11.1 Å². The lowest BCUT2D eigenvalue weighted by Gasteiger charge is -2.19. The fourth-order valence-electron chi connectivity index (χ4n) is 2.21. The number of nitrogens with two attached hydrogens (primary N) is 1. The maximum Gasteiger partial charge on any atom is 0.129 e. The van der Waals surface area contributed by atoms with Crippen LogP contribution in [-0.4, -0.2) is 23.9 Å². The molecule has 1 fully saturated rings. The van der Waals surface area contributed by atoms with Gasteiger partial charge in [-0.1, -0.05) is 18.2 Å². The van der Waals surface area contributed by atoms with E-state index in [-0.39, 0.29) is 5.84 Å². The Bertz CT molecular complexity index is 616. The van der Waals surface area contributed by atoms with Crippen LogP contribution in [0.4, 0.5) is 5.82 Å². The number of benzene rings is 1. The summed E-state index contributed by atoms with van der Waals surface area (Å²) in [4.78, 5) is 6.83. The molecule has 1 aliphatic carbocycles. The Morgan fingerprint density at radius 1 is 1.39 bits per heavy atom. The van der Waals surface area contributed by atoms with E-state index in [9.17, 15) is 0 Å². The van der Waals surface area contributed by atoms with Crippen molar-refractivity contribution in [1.29, 1.82) is 5.41 Å². The lowest BCUT2D eigenvalue weighted by Crippen LogP contribution is -2.22. The summed E-state index contributed by atoms with van der Waals surface area (Å²) in [5, 5.41) is 8.65. The van der Waals surface area contributed by atoms with E-state index in [0.29, 0.717) is 6.04 Å². The van der Waals surface area contributed by atoms with E-state index < -0.39 is 0 Å². The molecule has 1 aromatic carbocycles. The summed E-state index contributed by atoms with van der Waals surface area (Å²) in [7, 11) is 2.05. The van der Waals surface area contributed by atoms with Gasteiger partial charge >= 0.3 is 0 Å². The summed E-state index contributed by atoms with van der Waals surface area (Å²) in [5.41, 5.74) is 7.34. The van der Waals surface area contributed by atoms with Gasteiger partial charge in [-0.3, -0.25) is 5.41 Å². The van der Waals surface area contributed by atoms with Crippen LogP contribution in [0.5, 0.6) is 0 Å². The third kappa shape index (κ3) is 1.79. The van der Waals surface area contributed by atoms with Gasteiger partial charge in [-0.2, -0.15) is 0 Å². The van der Waals surface area contributed by atoms with Gasteiger partial charge in [0.05, 0.1) is 5.52 Å². The Kier molecular flexibility index (Phi) is 2.44. The number of nitrogen functional groups attached to an aromatic ring is 1. The summed E-state index contributed by atoms with van der Waals surface area (Å²) in [6, 6.07) is 10.3. The minimum atomic E-state index is 0.0963. The first-order valence-corrected chi connectivity index (χ1v) is 6.14. The fourth-order valence-corrected chi connectivity index (χ4v) is 2.21. The zero-order valence-corrected chi connectivity index (χ0v) is 10.4. The Hall–Kier alpha value is -2.10. The second-order valence-corrected chi connectivity index (χ2v) is 4.80. The number of rotatable bonds is 3. The molecule has 1 aliphatic rings. The van der Waals surface area contributed by atoms with Gasteiger partial charge in [0.1, 0.15) is 11.7 Å². The fraction of sp³-hybridized carbons (Fsp3) is 0.286. The highest BCUT2D eigenvalue weighted by molar-refractivity contribution is 6.07. The molecule has 1 heterocycles. The maximum absolute atomic E-state index is 7.71. The van der Waals surface area contributed by atoms with Gasteiger partial charge in [0.25, 0.3) is 0 Å². The molecule has 0 amide bonds. The number of amidine groups is 1. The molecule has 18 heavy (non-hydrogen) atoms. The highest BCUT2D eigenvalue weighted by Gasteiger charge is 2.27. The molecule has 0 atom stereocenters. The molecule has 0 bridgehead atoms. The molecular weight excluding hydrogens is 224 g/mol. The smallest absolute Gasteiger partial charge is 0.129 e. The molecule has 0 aliphatic heterocycles. The van der Waals surface area contributed by atoms with E-state index in [1.165, 1.54) is 12.8 Å². The molecular formula is C14H16N4. The standard InChI is InChI=1S/C14H16N4/c1-18(9-6-7-9)13-8-11(14(15)16)10-4-2-3-5-12(10)17-13/h2-5,8-9H,6-7H2,1H3,(H3,15,16). The van der Waals surface area contributed by atoms with Crippen molar-refractivity contribution in [2.24, 2.45) is 5.73 Å². The van der Waals surface area contributed by atoms with Crippen molar-refractivity contribution in [2.75, 3.05) is 11.9 Å². The maximum atomic E-state index is 7.71. The van der Waals surface area contributed by atoms with E-state index in [1.807, 2.05) is 30.3 Å². The zero-order valence-electron chi connectivity index (χ0n) is 10.4. The molecule has 1 saturated carbocycles. The summed E-state index contributed by atoms with van der Waals surface area (Å²) < 4.78 is 0. The van der Waals surface area contributed by atoms with Crippen LogP contribution in [0.25, 0.3) is 10.9 Å². The zero-order chi connectivity index (χ0) is 12.7. The van der Waals surface area contributed by atoms with Crippen LogP contribution in [0.1, 0.15) is 18.4 Å².